The number of nitrogens with zero attached hydrogens (tertiary/aromatic N) is 1. The number of carbonyl (C=O) groups excluding carboxylic acids is 2. The Balaban J connectivity index is 2.12. The van der Waals surface area contributed by atoms with Crippen molar-refractivity contribution in [1.82, 2.24) is 0 Å². The second-order valence-corrected chi connectivity index (χ2v) is 6.56. The minimum absolute atomic E-state index is 0.0348. The Morgan fingerprint density at radius 2 is 1.96 bits per heavy atom. The maximum atomic E-state index is 13.8. The van der Waals surface area contributed by atoms with Gasteiger partial charge in [-0.1, -0.05) is 18.2 Å². The number of fused-ring (bicyclic) bond motifs is 4. The molecule has 0 radical (unpaired) electrons. The summed E-state index contributed by atoms with van der Waals surface area (Å²) in [4.78, 5) is 28.3. The van der Waals surface area contributed by atoms with Crippen LogP contribution in [-0.2, 0) is 19.7 Å². The first-order valence-electron chi connectivity index (χ1n) is 9.06. The predicted octanol–water partition coefficient (Wildman–Crippen LogP) is 2.17. The summed E-state index contributed by atoms with van der Waals surface area (Å²) >= 11 is 0. The lowest BCUT2D eigenvalue weighted by atomic mass is 9.68. The molecule has 1 unspecified atom stereocenters. The van der Waals surface area contributed by atoms with Crippen LogP contribution in [0.5, 0.6) is 11.5 Å². The Bertz CT molecular complexity index is 1030. The monoisotopic (exact) mass is 380 g/mol. The number of hydrogen-bond acceptors (Lipinski definition) is 6. The number of anilines is 1. The number of carbonyl (C=O) groups is 2. The van der Waals surface area contributed by atoms with Crippen molar-refractivity contribution in [1.29, 1.82) is 0 Å². The Morgan fingerprint density at radius 3 is 2.68 bits per heavy atom. The van der Waals surface area contributed by atoms with E-state index in [0.717, 1.165) is 0 Å². The van der Waals surface area contributed by atoms with E-state index in [0.29, 0.717) is 23.4 Å². The lowest BCUT2D eigenvalue weighted by molar-refractivity contribution is -0.140. The lowest BCUT2D eigenvalue weighted by Gasteiger charge is -2.36. The largest absolute Gasteiger partial charge is 0.508 e. The quantitative estimate of drug-likeness (QED) is 0.792. The number of para-hydroxylation sites is 1. The first-order valence-corrected chi connectivity index (χ1v) is 9.06. The number of nitrogens with two attached hydrogens (primary N) is 1. The Morgan fingerprint density at radius 1 is 1.21 bits per heavy atom. The summed E-state index contributed by atoms with van der Waals surface area (Å²) in [5.41, 5.74) is 6.37. The summed E-state index contributed by atoms with van der Waals surface area (Å²) < 4.78 is 10.9. The van der Waals surface area contributed by atoms with Crippen molar-refractivity contribution >= 4 is 17.6 Å². The van der Waals surface area contributed by atoms with E-state index in [4.69, 9.17) is 15.2 Å². The number of esters is 1. The SMILES string of the molecule is CCOC(=O)C1=C(N)Oc2cc(O)ccc2C12C(=O)N(CC)c1ccccc12. The molecule has 2 aliphatic heterocycles. The molecule has 4 rings (SSSR count). The fourth-order valence-corrected chi connectivity index (χ4v) is 4.12. The average molecular weight is 380 g/mol. The number of phenolic OH excluding ortho intramolecular Hbond substituents is 1. The van der Waals surface area contributed by atoms with Crippen molar-refractivity contribution in [3.8, 4) is 11.5 Å². The van der Waals surface area contributed by atoms with E-state index in [1.54, 1.807) is 24.0 Å². The highest BCUT2D eigenvalue weighted by molar-refractivity contribution is 6.18. The van der Waals surface area contributed by atoms with Gasteiger partial charge in [-0.05, 0) is 32.0 Å². The minimum Gasteiger partial charge on any atom is -0.508 e. The van der Waals surface area contributed by atoms with E-state index < -0.39 is 11.4 Å². The maximum Gasteiger partial charge on any atom is 0.341 e. The molecule has 0 aliphatic carbocycles. The third-order valence-corrected chi connectivity index (χ3v) is 5.17. The van der Waals surface area contributed by atoms with Gasteiger partial charge in [-0.2, -0.15) is 0 Å². The zero-order valence-electron chi connectivity index (χ0n) is 15.6. The van der Waals surface area contributed by atoms with Gasteiger partial charge in [0, 0.05) is 29.4 Å². The summed E-state index contributed by atoms with van der Waals surface area (Å²) in [5, 5.41) is 9.90. The fourth-order valence-electron chi connectivity index (χ4n) is 4.12. The second kappa shape index (κ2) is 6.30. The molecule has 0 aromatic heterocycles. The van der Waals surface area contributed by atoms with Crippen LogP contribution in [0.3, 0.4) is 0 Å². The number of rotatable bonds is 3. The Labute approximate surface area is 162 Å². The van der Waals surface area contributed by atoms with Crippen LogP contribution in [0, 0.1) is 0 Å². The van der Waals surface area contributed by atoms with Gasteiger partial charge in [-0.3, -0.25) is 4.79 Å². The fraction of sp³-hybridized carbons (Fsp3) is 0.238. The van der Waals surface area contributed by atoms with Gasteiger partial charge >= 0.3 is 5.97 Å². The first kappa shape index (κ1) is 17.9. The number of phenols is 1. The van der Waals surface area contributed by atoms with Crippen molar-refractivity contribution in [2.75, 3.05) is 18.1 Å². The van der Waals surface area contributed by atoms with Crippen LogP contribution in [0.25, 0.3) is 0 Å². The molecule has 2 aliphatic rings. The highest BCUT2D eigenvalue weighted by Crippen LogP contribution is 2.55. The zero-order valence-corrected chi connectivity index (χ0v) is 15.6. The van der Waals surface area contributed by atoms with Crippen molar-refractivity contribution in [2.45, 2.75) is 19.3 Å². The number of aromatic hydroxyl groups is 1. The van der Waals surface area contributed by atoms with E-state index in [2.05, 4.69) is 0 Å². The Hall–Kier alpha value is -3.48. The normalized spacial score (nSPS) is 20.1. The van der Waals surface area contributed by atoms with E-state index >= 15 is 0 Å². The molecule has 1 spiro atoms. The number of likely N-dealkylation sites (N-methyl/N-ethyl adjacent to an activating group) is 1. The van der Waals surface area contributed by atoms with Crippen molar-refractivity contribution in [2.24, 2.45) is 5.73 Å². The van der Waals surface area contributed by atoms with Crippen LogP contribution in [0.2, 0.25) is 0 Å². The van der Waals surface area contributed by atoms with E-state index in [1.807, 2.05) is 25.1 Å². The summed E-state index contributed by atoms with van der Waals surface area (Å²) in [6, 6.07) is 11.7. The molecule has 2 aromatic carbocycles. The molecule has 0 bridgehead atoms. The molecule has 7 heteroatoms. The summed E-state index contributed by atoms with van der Waals surface area (Å²) in [6.45, 7) is 4.09. The third kappa shape index (κ3) is 2.16. The van der Waals surface area contributed by atoms with Gasteiger partial charge in [-0.25, -0.2) is 4.79 Å². The number of benzene rings is 2. The summed E-state index contributed by atoms with van der Waals surface area (Å²) in [6.07, 6.45) is 0. The molecule has 1 atom stereocenters. The van der Waals surface area contributed by atoms with Crippen LogP contribution < -0.4 is 15.4 Å². The molecule has 2 aromatic rings. The van der Waals surface area contributed by atoms with Crippen LogP contribution in [0.1, 0.15) is 25.0 Å². The van der Waals surface area contributed by atoms with Crippen LogP contribution in [-0.4, -0.2) is 30.1 Å². The van der Waals surface area contributed by atoms with Gasteiger partial charge in [0.15, 0.2) is 0 Å². The van der Waals surface area contributed by atoms with Gasteiger partial charge in [0.05, 0.1) is 6.61 Å². The lowest BCUT2D eigenvalue weighted by Crippen LogP contribution is -2.48. The molecule has 28 heavy (non-hydrogen) atoms. The number of amides is 1. The Kier molecular flexibility index (Phi) is 4.03. The van der Waals surface area contributed by atoms with Gasteiger partial charge in [0.25, 0.3) is 0 Å². The molecule has 2 heterocycles. The molecular formula is C21H20N2O5. The molecule has 3 N–H and O–H groups in total. The predicted molar refractivity (Wildman–Crippen MR) is 102 cm³/mol. The van der Waals surface area contributed by atoms with Crippen molar-refractivity contribution < 1.29 is 24.2 Å². The van der Waals surface area contributed by atoms with Gasteiger partial charge in [0.1, 0.15) is 22.5 Å². The third-order valence-electron chi connectivity index (χ3n) is 5.17. The van der Waals surface area contributed by atoms with Crippen LogP contribution in [0.15, 0.2) is 53.9 Å². The molecule has 0 saturated carbocycles. The highest BCUT2D eigenvalue weighted by atomic mass is 16.5. The van der Waals surface area contributed by atoms with E-state index in [1.165, 1.54) is 12.1 Å². The van der Waals surface area contributed by atoms with Gasteiger partial charge < -0.3 is 25.2 Å². The van der Waals surface area contributed by atoms with Crippen molar-refractivity contribution in [3.05, 3.63) is 65.0 Å². The van der Waals surface area contributed by atoms with Gasteiger partial charge in [-0.15, -0.1) is 0 Å². The molecular weight excluding hydrogens is 360 g/mol. The van der Waals surface area contributed by atoms with Crippen LogP contribution in [0.4, 0.5) is 5.69 Å². The maximum absolute atomic E-state index is 13.8. The average Bonchev–Trinajstić information content (AvgIpc) is 2.90. The molecule has 1 amide bonds. The highest BCUT2D eigenvalue weighted by Gasteiger charge is 2.60. The first-order chi connectivity index (χ1) is 13.5. The second-order valence-electron chi connectivity index (χ2n) is 6.56. The minimum atomic E-state index is -1.50. The van der Waals surface area contributed by atoms with E-state index in [9.17, 15) is 14.7 Å². The molecule has 0 saturated heterocycles. The molecule has 0 fully saturated rings. The van der Waals surface area contributed by atoms with Gasteiger partial charge in [0.2, 0.25) is 11.8 Å². The summed E-state index contributed by atoms with van der Waals surface area (Å²) in [7, 11) is 0. The summed E-state index contributed by atoms with van der Waals surface area (Å²) in [5.74, 6) is -1.03. The molecule has 7 nitrogen and oxygen atoms in total. The van der Waals surface area contributed by atoms with Crippen LogP contribution >= 0.6 is 0 Å². The van der Waals surface area contributed by atoms with E-state index in [-0.39, 0.29) is 35.5 Å². The zero-order chi connectivity index (χ0) is 20.1. The number of hydrogen-bond donors (Lipinski definition) is 2. The smallest absolute Gasteiger partial charge is 0.341 e. The standard InChI is InChI=1S/C21H20N2O5/c1-3-23-15-8-6-5-7-13(15)21(20(23)26)14-10-9-12(24)11-16(14)28-18(22)17(21)19(25)27-4-2/h5-11,24H,3-4,22H2,1-2H3. The molecule has 144 valence electrons. The number of ether oxygens (including phenoxy) is 2. The topological polar surface area (TPSA) is 102 Å². The van der Waals surface area contributed by atoms with Crippen molar-refractivity contribution in [3.63, 3.8) is 0 Å².